The third kappa shape index (κ3) is 3.89. The van der Waals surface area contributed by atoms with E-state index in [2.05, 4.69) is 10.3 Å². The van der Waals surface area contributed by atoms with Crippen molar-refractivity contribution in [3.8, 4) is 0 Å². The highest BCUT2D eigenvalue weighted by atomic mass is 19.4. The number of aromatic nitrogens is 3. The minimum Gasteiger partial charge on any atom is -0.336 e. The summed E-state index contributed by atoms with van der Waals surface area (Å²) in [6.07, 6.45) is -1.20. The van der Waals surface area contributed by atoms with Gasteiger partial charge in [-0.25, -0.2) is 9.37 Å². The molecule has 9 heteroatoms. The van der Waals surface area contributed by atoms with Gasteiger partial charge in [-0.1, -0.05) is 18.2 Å². The molecule has 34 heavy (non-hydrogen) atoms. The second kappa shape index (κ2) is 8.02. The number of nitrogens with one attached hydrogen (secondary N) is 1. The molecule has 0 unspecified atom stereocenters. The fourth-order valence-corrected chi connectivity index (χ4v) is 4.12. The zero-order valence-corrected chi connectivity index (χ0v) is 17.9. The highest BCUT2D eigenvalue weighted by Gasteiger charge is 2.33. The Hall–Kier alpha value is -4.14. The molecule has 0 bridgehead atoms. The van der Waals surface area contributed by atoms with Crippen molar-refractivity contribution < 1.29 is 22.4 Å². The molecule has 0 aliphatic heterocycles. The second-order valence-corrected chi connectivity index (χ2v) is 7.99. The van der Waals surface area contributed by atoms with Crippen LogP contribution in [0.4, 0.5) is 23.2 Å². The SMILES string of the molecule is Cn1ccc2cc(NC(=O)c3cc4cc(F)ccc4n3Cc3ccccc3C(F)(F)F)cnc21. The first kappa shape index (κ1) is 21.7. The fraction of sp³-hybridized carbons (Fsp3) is 0.120. The summed E-state index contributed by atoms with van der Waals surface area (Å²) in [4.78, 5) is 17.6. The zero-order chi connectivity index (χ0) is 24.0. The molecule has 2 aromatic carbocycles. The van der Waals surface area contributed by atoms with Crippen LogP contribution in [-0.4, -0.2) is 20.0 Å². The van der Waals surface area contributed by atoms with E-state index in [0.29, 0.717) is 16.6 Å². The Morgan fingerprint density at radius 3 is 2.62 bits per heavy atom. The van der Waals surface area contributed by atoms with Gasteiger partial charge in [0.2, 0.25) is 0 Å². The molecule has 0 saturated carbocycles. The van der Waals surface area contributed by atoms with Gasteiger partial charge in [-0.05, 0) is 48.0 Å². The summed E-state index contributed by atoms with van der Waals surface area (Å²) in [6, 6.07) is 14.2. The molecule has 0 radical (unpaired) electrons. The summed E-state index contributed by atoms with van der Waals surface area (Å²) in [7, 11) is 1.85. The van der Waals surface area contributed by atoms with E-state index in [1.165, 1.54) is 53.2 Å². The van der Waals surface area contributed by atoms with Gasteiger partial charge in [0, 0.05) is 36.1 Å². The molecule has 3 heterocycles. The molecule has 0 fully saturated rings. The maximum Gasteiger partial charge on any atom is 0.416 e. The molecule has 0 aliphatic carbocycles. The van der Waals surface area contributed by atoms with Crippen molar-refractivity contribution in [1.29, 1.82) is 0 Å². The van der Waals surface area contributed by atoms with Crippen LogP contribution in [0, 0.1) is 5.82 Å². The lowest BCUT2D eigenvalue weighted by atomic mass is 10.1. The molecule has 1 amide bonds. The Balaban J connectivity index is 1.57. The van der Waals surface area contributed by atoms with Crippen LogP contribution in [0.25, 0.3) is 21.9 Å². The predicted molar refractivity (Wildman–Crippen MR) is 121 cm³/mol. The Labute approximate surface area is 191 Å². The second-order valence-electron chi connectivity index (χ2n) is 7.99. The monoisotopic (exact) mass is 466 g/mol. The number of hydrogen-bond donors (Lipinski definition) is 1. The summed E-state index contributed by atoms with van der Waals surface area (Å²) in [5, 5.41) is 3.99. The van der Waals surface area contributed by atoms with Crippen molar-refractivity contribution >= 4 is 33.5 Å². The number of amides is 1. The fourth-order valence-electron chi connectivity index (χ4n) is 4.12. The lowest BCUT2D eigenvalue weighted by Crippen LogP contribution is -2.19. The van der Waals surface area contributed by atoms with Gasteiger partial charge in [-0.3, -0.25) is 4.79 Å². The van der Waals surface area contributed by atoms with Crippen LogP contribution in [0.5, 0.6) is 0 Å². The van der Waals surface area contributed by atoms with Crippen LogP contribution in [-0.2, 0) is 19.8 Å². The predicted octanol–water partition coefficient (Wildman–Crippen LogP) is 5.99. The Morgan fingerprint density at radius 1 is 1.03 bits per heavy atom. The highest BCUT2D eigenvalue weighted by Crippen LogP contribution is 2.33. The smallest absolute Gasteiger partial charge is 0.336 e. The van der Waals surface area contributed by atoms with Crippen LogP contribution in [0.2, 0.25) is 0 Å². The molecule has 5 nitrogen and oxygen atoms in total. The molecule has 5 rings (SSSR count). The highest BCUT2D eigenvalue weighted by molar-refractivity contribution is 6.07. The maximum atomic E-state index is 13.9. The third-order valence-electron chi connectivity index (χ3n) is 5.71. The molecule has 3 aromatic heterocycles. The largest absolute Gasteiger partial charge is 0.416 e. The average molecular weight is 466 g/mol. The number of aryl methyl sites for hydroxylation is 1. The summed E-state index contributed by atoms with van der Waals surface area (Å²) in [6.45, 7) is -0.219. The first-order valence-corrected chi connectivity index (χ1v) is 10.4. The number of rotatable bonds is 4. The Kier molecular flexibility index (Phi) is 5.11. The van der Waals surface area contributed by atoms with Crippen molar-refractivity contribution in [2.24, 2.45) is 7.05 Å². The molecule has 0 aliphatic rings. The average Bonchev–Trinajstić information content (AvgIpc) is 3.33. The summed E-state index contributed by atoms with van der Waals surface area (Å²) < 4.78 is 57.9. The molecule has 172 valence electrons. The molecule has 5 aromatic rings. The van der Waals surface area contributed by atoms with E-state index in [0.717, 1.165) is 17.1 Å². The number of halogens is 4. The molecular formula is C25H18F4N4O. The van der Waals surface area contributed by atoms with Crippen molar-refractivity contribution in [3.05, 3.63) is 95.7 Å². The maximum absolute atomic E-state index is 13.9. The number of benzene rings is 2. The van der Waals surface area contributed by atoms with Crippen LogP contribution in [0.15, 0.2) is 73.1 Å². The van der Waals surface area contributed by atoms with Crippen LogP contribution >= 0.6 is 0 Å². The van der Waals surface area contributed by atoms with Gasteiger partial charge in [-0.15, -0.1) is 0 Å². The Morgan fingerprint density at radius 2 is 1.82 bits per heavy atom. The zero-order valence-electron chi connectivity index (χ0n) is 17.9. The number of alkyl halides is 3. The molecule has 0 spiro atoms. The van der Waals surface area contributed by atoms with E-state index < -0.39 is 23.5 Å². The lowest BCUT2D eigenvalue weighted by Gasteiger charge is -2.16. The standard InChI is InChI=1S/C25H18F4N4O/c1-32-9-8-15-11-19(13-30-23(15)32)31-24(34)22-12-17-10-18(26)6-7-21(17)33(22)14-16-4-2-3-5-20(16)25(27,28)29/h2-13H,14H2,1H3,(H,31,34). The van der Waals surface area contributed by atoms with E-state index in [4.69, 9.17) is 0 Å². The molecule has 0 saturated heterocycles. The minimum absolute atomic E-state index is 0.00162. The summed E-state index contributed by atoms with van der Waals surface area (Å²) in [5.74, 6) is -1.05. The Bertz CT molecular complexity index is 1550. The van der Waals surface area contributed by atoms with Crippen LogP contribution in [0.3, 0.4) is 0 Å². The van der Waals surface area contributed by atoms with Crippen molar-refractivity contribution in [2.75, 3.05) is 5.32 Å². The molecule has 0 atom stereocenters. The lowest BCUT2D eigenvalue weighted by molar-refractivity contribution is -0.138. The van der Waals surface area contributed by atoms with Gasteiger partial charge < -0.3 is 14.5 Å². The summed E-state index contributed by atoms with van der Waals surface area (Å²) in [5.41, 5.74) is 0.932. The molecule has 1 N–H and O–H groups in total. The van der Waals surface area contributed by atoms with Gasteiger partial charge in [0.25, 0.3) is 5.91 Å². The number of pyridine rings is 1. The van der Waals surface area contributed by atoms with Gasteiger partial charge in [0.05, 0.1) is 17.4 Å². The van der Waals surface area contributed by atoms with E-state index >= 15 is 0 Å². The van der Waals surface area contributed by atoms with Crippen molar-refractivity contribution in [2.45, 2.75) is 12.7 Å². The van der Waals surface area contributed by atoms with E-state index in [1.807, 2.05) is 23.9 Å². The van der Waals surface area contributed by atoms with Crippen LogP contribution in [0.1, 0.15) is 21.6 Å². The first-order valence-electron chi connectivity index (χ1n) is 10.4. The topological polar surface area (TPSA) is 51.9 Å². The van der Waals surface area contributed by atoms with Gasteiger partial charge in [0.15, 0.2) is 0 Å². The van der Waals surface area contributed by atoms with Gasteiger partial charge >= 0.3 is 6.18 Å². The number of anilines is 1. The number of fused-ring (bicyclic) bond motifs is 2. The first-order chi connectivity index (χ1) is 16.2. The normalized spacial score (nSPS) is 11.9. The summed E-state index contributed by atoms with van der Waals surface area (Å²) >= 11 is 0. The minimum atomic E-state index is -4.55. The number of carbonyl (C=O) groups excluding carboxylic acids is 1. The number of carbonyl (C=O) groups is 1. The van der Waals surface area contributed by atoms with Gasteiger partial charge in [0.1, 0.15) is 17.2 Å². The number of hydrogen-bond acceptors (Lipinski definition) is 2. The van der Waals surface area contributed by atoms with Gasteiger partial charge in [-0.2, -0.15) is 13.2 Å². The quantitative estimate of drug-likeness (QED) is 0.331. The van der Waals surface area contributed by atoms with Crippen molar-refractivity contribution in [3.63, 3.8) is 0 Å². The van der Waals surface area contributed by atoms with E-state index in [-0.39, 0.29) is 17.8 Å². The third-order valence-corrected chi connectivity index (χ3v) is 5.71. The van der Waals surface area contributed by atoms with E-state index in [9.17, 15) is 22.4 Å². The van der Waals surface area contributed by atoms with E-state index in [1.54, 1.807) is 6.07 Å². The van der Waals surface area contributed by atoms with Crippen molar-refractivity contribution in [1.82, 2.24) is 14.1 Å². The molecular weight excluding hydrogens is 448 g/mol. The number of nitrogens with zero attached hydrogens (tertiary/aromatic N) is 3. The van der Waals surface area contributed by atoms with Crippen LogP contribution < -0.4 is 5.32 Å².